The first-order valence-corrected chi connectivity index (χ1v) is 9.00. The van der Waals surface area contributed by atoms with Gasteiger partial charge in [0.15, 0.2) is 0 Å². The number of benzene rings is 1. The zero-order valence-electron chi connectivity index (χ0n) is 14.5. The molecule has 0 atom stereocenters. The van der Waals surface area contributed by atoms with Crippen LogP contribution in [0.25, 0.3) is 6.08 Å². The molecule has 0 aliphatic rings. The lowest BCUT2D eigenvalue weighted by Crippen LogP contribution is -1.89. The molecule has 0 N–H and O–H groups in total. The maximum Gasteiger partial charge on any atom is -0.0228 e. The summed E-state index contributed by atoms with van der Waals surface area (Å²) in [4.78, 5) is 0. The second kappa shape index (κ2) is 11.6. The summed E-state index contributed by atoms with van der Waals surface area (Å²) in [5.74, 6) is 0. The number of allylic oxidation sites excluding steroid dienone is 1. The van der Waals surface area contributed by atoms with Gasteiger partial charge in [0.25, 0.3) is 0 Å². The van der Waals surface area contributed by atoms with Gasteiger partial charge >= 0.3 is 0 Å². The molecule has 0 aliphatic carbocycles. The molecule has 0 bridgehead atoms. The van der Waals surface area contributed by atoms with Crippen molar-refractivity contribution in [3.63, 3.8) is 0 Å². The van der Waals surface area contributed by atoms with E-state index in [2.05, 4.69) is 51.1 Å². The number of hydrogen-bond donors (Lipinski definition) is 0. The molecule has 0 fully saturated rings. The van der Waals surface area contributed by atoms with Crippen LogP contribution in [0.3, 0.4) is 0 Å². The van der Waals surface area contributed by atoms with Crippen LogP contribution < -0.4 is 0 Å². The van der Waals surface area contributed by atoms with E-state index >= 15 is 0 Å². The van der Waals surface area contributed by atoms with Crippen molar-refractivity contribution >= 4 is 6.08 Å². The minimum atomic E-state index is 1.24. The van der Waals surface area contributed by atoms with Crippen molar-refractivity contribution in [2.45, 2.75) is 85.0 Å². The van der Waals surface area contributed by atoms with Gasteiger partial charge in [0, 0.05) is 0 Å². The van der Waals surface area contributed by atoms with Crippen molar-refractivity contribution in [3.8, 4) is 0 Å². The van der Waals surface area contributed by atoms with E-state index < -0.39 is 0 Å². The SMILES string of the molecule is C/C=C/c1cc(CCCCCCCCCCC)ccc1C. The summed E-state index contributed by atoms with van der Waals surface area (Å²) >= 11 is 0. The highest BCUT2D eigenvalue weighted by atomic mass is 14.0. The Hall–Kier alpha value is -1.04. The molecule has 0 heterocycles. The first kappa shape index (κ1) is 18.0. The Morgan fingerprint density at radius 2 is 1.48 bits per heavy atom. The topological polar surface area (TPSA) is 0 Å². The fourth-order valence-electron chi connectivity index (χ4n) is 2.84. The minimum Gasteiger partial charge on any atom is -0.0871 e. The summed E-state index contributed by atoms with van der Waals surface area (Å²) in [6, 6.07) is 6.92. The number of rotatable bonds is 11. The summed E-state index contributed by atoms with van der Waals surface area (Å²) in [6.07, 6.45) is 18.3. The third kappa shape index (κ3) is 8.09. The molecule has 0 aliphatic heterocycles. The maximum absolute atomic E-state index is 2.36. The van der Waals surface area contributed by atoms with Crippen LogP contribution in [-0.2, 0) is 6.42 Å². The van der Waals surface area contributed by atoms with Crippen LogP contribution in [0, 0.1) is 6.92 Å². The summed E-state index contributed by atoms with van der Waals surface area (Å²) < 4.78 is 0. The summed E-state index contributed by atoms with van der Waals surface area (Å²) in [6.45, 7) is 6.57. The molecule has 0 saturated carbocycles. The van der Waals surface area contributed by atoms with Gasteiger partial charge in [-0.25, -0.2) is 0 Å². The van der Waals surface area contributed by atoms with Crippen LogP contribution in [0.4, 0.5) is 0 Å². The molecule has 0 unspecified atom stereocenters. The Balaban J connectivity index is 2.14. The molecule has 0 nitrogen and oxygen atoms in total. The lowest BCUT2D eigenvalue weighted by atomic mass is 10.00. The Morgan fingerprint density at radius 1 is 0.857 bits per heavy atom. The lowest BCUT2D eigenvalue weighted by Gasteiger charge is -2.06. The Labute approximate surface area is 132 Å². The molecular weight excluding hydrogens is 252 g/mol. The van der Waals surface area contributed by atoms with Crippen LogP contribution in [-0.4, -0.2) is 0 Å². The van der Waals surface area contributed by atoms with Crippen molar-refractivity contribution in [2.24, 2.45) is 0 Å². The Morgan fingerprint density at radius 3 is 2.10 bits per heavy atom. The highest BCUT2D eigenvalue weighted by Gasteiger charge is 1.98. The van der Waals surface area contributed by atoms with Crippen LogP contribution in [0.5, 0.6) is 0 Å². The van der Waals surface area contributed by atoms with Crippen LogP contribution in [0.2, 0.25) is 0 Å². The van der Waals surface area contributed by atoms with Crippen LogP contribution in [0.1, 0.15) is 88.3 Å². The zero-order valence-corrected chi connectivity index (χ0v) is 14.5. The fourth-order valence-corrected chi connectivity index (χ4v) is 2.84. The number of aryl methyl sites for hydroxylation is 2. The second-order valence-corrected chi connectivity index (χ2v) is 6.27. The first-order valence-electron chi connectivity index (χ1n) is 9.00. The van der Waals surface area contributed by atoms with E-state index in [4.69, 9.17) is 0 Å². The molecular formula is C21H34. The van der Waals surface area contributed by atoms with Gasteiger partial charge in [-0.05, 0) is 43.4 Å². The molecule has 0 saturated heterocycles. The fraction of sp³-hybridized carbons (Fsp3) is 0.619. The molecule has 0 spiro atoms. The molecule has 0 heteroatoms. The van der Waals surface area contributed by atoms with Gasteiger partial charge in [0.05, 0.1) is 0 Å². The average molecular weight is 287 g/mol. The maximum atomic E-state index is 2.36. The molecule has 0 aromatic heterocycles. The van der Waals surface area contributed by atoms with Gasteiger partial charge in [-0.3, -0.25) is 0 Å². The van der Waals surface area contributed by atoms with Gasteiger partial charge < -0.3 is 0 Å². The molecule has 0 amide bonds. The predicted molar refractivity (Wildman–Crippen MR) is 96.8 cm³/mol. The minimum absolute atomic E-state index is 1.24. The molecule has 1 rings (SSSR count). The molecule has 21 heavy (non-hydrogen) atoms. The highest BCUT2D eigenvalue weighted by molar-refractivity contribution is 5.54. The van der Waals surface area contributed by atoms with Gasteiger partial charge in [0.2, 0.25) is 0 Å². The summed E-state index contributed by atoms with van der Waals surface area (Å²) in [7, 11) is 0. The quantitative estimate of drug-likeness (QED) is 0.380. The van der Waals surface area contributed by atoms with Crippen LogP contribution >= 0.6 is 0 Å². The number of hydrogen-bond acceptors (Lipinski definition) is 0. The van der Waals surface area contributed by atoms with Crippen LogP contribution in [0.15, 0.2) is 24.3 Å². The predicted octanol–water partition coefficient (Wildman–Crippen LogP) is 7.10. The van der Waals surface area contributed by atoms with Crippen molar-refractivity contribution in [1.82, 2.24) is 0 Å². The molecule has 1 aromatic carbocycles. The molecule has 1 aromatic rings. The van der Waals surface area contributed by atoms with Gasteiger partial charge in [-0.15, -0.1) is 0 Å². The lowest BCUT2D eigenvalue weighted by molar-refractivity contribution is 0.565. The van der Waals surface area contributed by atoms with E-state index in [1.165, 1.54) is 80.9 Å². The van der Waals surface area contributed by atoms with Gasteiger partial charge in [0.1, 0.15) is 0 Å². The van der Waals surface area contributed by atoms with Gasteiger partial charge in [-0.1, -0.05) is 88.6 Å². The van der Waals surface area contributed by atoms with E-state index in [9.17, 15) is 0 Å². The van der Waals surface area contributed by atoms with Crippen molar-refractivity contribution in [3.05, 3.63) is 41.0 Å². The van der Waals surface area contributed by atoms with E-state index in [-0.39, 0.29) is 0 Å². The van der Waals surface area contributed by atoms with Crippen molar-refractivity contribution in [1.29, 1.82) is 0 Å². The normalized spacial score (nSPS) is 11.4. The number of unbranched alkanes of at least 4 members (excludes halogenated alkanes) is 8. The highest BCUT2D eigenvalue weighted by Crippen LogP contribution is 2.16. The Bertz CT molecular complexity index is 400. The van der Waals surface area contributed by atoms with E-state index in [1.807, 2.05) is 0 Å². The standard InChI is InChI=1S/C21H34/c1-4-6-7-8-9-10-11-12-13-15-20-17-16-19(3)21(18-20)14-5-2/h5,14,16-18H,4,6-13,15H2,1-3H3/b14-5+. The molecule has 0 radical (unpaired) electrons. The van der Waals surface area contributed by atoms with E-state index in [0.717, 1.165) is 0 Å². The first-order chi connectivity index (χ1) is 10.3. The Kier molecular flexibility index (Phi) is 9.95. The largest absolute Gasteiger partial charge is 0.0871 e. The smallest absolute Gasteiger partial charge is 0.0228 e. The second-order valence-electron chi connectivity index (χ2n) is 6.27. The van der Waals surface area contributed by atoms with Crippen molar-refractivity contribution in [2.75, 3.05) is 0 Å². The summed E-state index contributed by atoms with van der Waals surface area (Å²) in [5, 5.41) is 0. The zero-order chi connectivity index (χ0) is 15.3. The van der Waals surface area contributed by atoms with Crippen molar-refractivity contribution < 1.29 is 0 Å². The summed E-state index contributed by atoms with van der Waals surface area (Å²) in [5.41, 5.74) is 4.26. The van der Waals surface area contributed by atoms with Gasteiger partial charge in [-0.2, -0.15) is 0 Å². The van der Waals surface area contributed by atoms with E-state index in [1.54, 1.807) is 0 Å². The van der Waals surface area contributed by atoms with E-state index in [0.29, 0.717) is 0 Å². The average Bonchev–Trinajstić information content (AvgIpc) is 2.49. The third-order valence-corrected chi connectivity index (χ3v) is 4.26. The third-order valence-electron chi connectivity index (χ3n) is 4.26. The monoisotopic (exact) mass is 286 g/mol. The molecule has 118 valence electrons.